The van der Waals surface area contributed by atoms with Crippen molar-refractivity contribution in [2.45, 2.75) is 12.3 Å². The van der Waals surface area contributed by atoms with Gasteiger partial charge in [0.1, 0.15) is 5.82 Å². The van der Waals surface area contributed by atoms with Crippen LogP contribution in [0, 0.1) is 5.82 Å². The van der Waals surface area contributed by atoms with Gasteiger partial charge in [-0.25, -0.2) is 9.37 Å². The highest BCUT2D eigenvalue weighted by Gasteiger charge is 2.14. The number of halogens is 2. The molecule has 2 aromatic carbocycles. The summed E-state index contributed by atoms with van der Waals surface area (Å²) in [6, 6.07) is 14.5. The fourth-order valence-corrected chi connectivity index (χ4v) is 3.23. The molecule has 0 aliphatic rings. The van der Waals surface area contributed by atoms with E-state index in [1.165, 1.54) is 17.7 Å². The Balaban J connectivity index is 1.77. The summed E-state index contributed by atoms with van der Waals surface area (Å²) in [6.07, 6.45) is 2.66. The molecule has 1 atom stereocenters. The first-order valence-electron chi connectivity index (χ1n) is 7.36. The van der Waals surface area contributed by atoms with Crippen LogP contribution in [0.2, 0.25) is 5.02 Å². The molecule has 1 N–H and O–H groups in total. The summed E-state index contributed by atoms with van der Waals surface area (Å²) in [5.41, 5.74) is 2.26. The van der Waals surface area contributed by atoms with Crippen molar-refractivity contribution in [1.29, 1.82) is 0 Å². The van der Waals surface area contributed by atoms with E-state index < -0.39 is 0 Å². The number of thiazole rings is 1. The molecule has 1 heterocycles. The smallest absolute Gasteiger partial charge is 0.182 e. The Morgan fingerprint density at radius 1 is 1.04 bits per heavy atom. The van der Waals surface area contributed by atoms with Gasteiger partial charge in [0.05, 0.1) is 0 Å². The third-order valence-corrected chi connectivity index (χ3v) is 4.67. The molecule has 2 nitrogen and oxygen atoms in total. The first-order valence-corrected chi connectivity index (χ1v) is 8.62. The standard InChI is InChI=1S/C18H16ClFN2S/c19-15-5-1-13(2-6-15)17(14-3-7-16(20)8-4-14)9-10-21-18-22-11-12-23-18/h1-8,11-12,17H,9-10H2,(H,21,22). The summed E-state index contributed by atoms with van der Waals surface area (Å²) in [6.45, 7) is 0.790. The molecule has 0 amide bonds. The molecule has 1 aromatic heterocycles. The number of hydrogen-bond donors (Lipinski definition) is 1. The van der Waals surface area contributed by atoms with Crippen molar-refractivity contribution in [3.8, 4) is 0 Å². The minimum atomic E-state index is -0.218. The van der Waals surface area contributed by atoms with Crippen LogP contribution < -0.4 is 5.32 Å². The fraction of sp³-hybridized carbons (Fsp3) is 0.167. The molecule has 118 valence electrons. The molecule has 0 bridgehead atoms. The average Bonchev–Trinajstić information content (AvgIpc) is 3.07. The highest BCUT2D eigenvalue weighted by Crippen LogP contribution is 2.29. The van der Waals surface area contributed by atoms with E-state index in [4.69, 9.17) is 11.6 Å². The van der Waals surface area contributed by atoms with Gasteiger partial charge in [0.2, 0.25) is 0 Å². The normalized spacial score (nSPS) is 12.1. The molecule has 0 saturated carbocycles. The predicted octanol–water partition coefficient (Wildman–Crippen LogP) is 5.57. The van der Waals surface area contributed by atoms with Crippen molar-refractivity contribution in [1.82, 2.24) is 4.98 Å². The van der Waals surface area contributed by atoms with Crippen LogP contribution in [0.3, 0.4) is 0 Å². The highest BCUT2D eigenvalue weighted by molar-refractivity contribution is 7.13. The summed E-state index contributed by atoms with van der Waals surface area (Å²) in [4.78, 5) is 4.22. The third-order valence-electron chi connectivity index (χ3n) is 3.69. The second kappa shape index (κ2) is 7.57. The van der Waals surface area contributed by atoms with Crippen LogP contribution in [0.5, 0.6) is 0 Å². The van der Waals surface area contributed by atoms with Crippen molar-refractivity contribution < 1.29 is 4.39 Å². The second-order valence-electron chi connectivity index (χ2n) is 5.21. The van der Waals surface area contributed by atoms with Gasteiger partial charge in [-0.2, -0.15) is 0 Å². The Morgan fingerprint density at radius 3 is 2.30 bits per heavy atom. The maximum Gasteiger partial charge on any atom is 0.182 e. The minimum Gasteiger partial charge on any atom is -0.361 e. The zero-order valence-electron chi connectivity index (χ0n) is 12.4. The molecular formula is C18H16ClFN2S. The lowest BCUT2D eigenvalue weighted by atomic mass is 9.88. The van der Waals surface area contributed by atoms with E-state index >= 15 is 0 Å². The van der Waals surface area contributed by atoms with Gasteiger partial charge in [-0.3, -0.25) is 0 Å². The lowest BCUT2D eigenvalue weighted by Gasteiger charge is -2.18. The maximum absolute atomic E-state index is 13.2. The van der Waals surface area contributed by atoms with Crippen molar-refractivity contribution in [3.05, 3.63) is 82.1 Å². The molecule has 0 radical (unpaired) electrons. The Kier molecular flexibility index (Phi) is 5.26. The predicted molar refractivity (Wildman–Crippen MR) is 94.9 cm³/mol. The van der Waals surface area contributed by atoms with E-state index in [9.17, 15) is 4.39 Å². The lowest BCUT2D eigenvalue weighted by molar-refractivity contribution is 0.625. The van der Waals surface area contributed by atoms with Crippen molar-refractivity contribution in [3.63, 3.8) is 0 Å². The van der Waals surface area contributed by atoms with Gasteiger partial charge in [0.25, 0.3) is 0 Å². The van der Waals surface area contributed by atoms with Crippen molar-refractivity contribution in [2.24, 2.45) is 0 Å². The van der Waals surface area contributed by atoms with Crippen LogP contribution in [-0.4, -0.2) is 11.5 Å². The summed E-state index contributed by atoms with van der Waals surface area (Å²) in [5, 5.41) is 6.90. The van der Waals surface area contributed by atoms with Gasteiger partial charge in [0.15, 0.2) is 5.13 Å². The van der Waals surface area contributed by atoms with Gasteiger partial charge in [-0.1, -0.05) is 35.9 Å². The zero-order valence-corrected chi connectivity index (χ0v) is 13.9. The number of rotatable bonds is 6. The van der Waals surface area contributed by atoms with E-state index in [1.54, 1.807) is 17.5 Å². The summed E-state index contributed by atoms with van der Waals surface area (Å²) in [7, 11) is 0. The quantitative estimate of drug-likeness (QED) is 0.631. The minimum absolute atomic E-state index is 0.181. The van der Waals surface area contributed by atoms with Crippen LogP contribution in [0.15, 0.2) is 60.1 Å². The third kappa shape index (κ3) is 4.30. The van der Waals surface area contributed by atoms with Gasteiger partial charge in [-0.15, -0.1) is 11.3 Å². The Labute approximate surface area is 144 Å². The highest BCUT2D eigenvalue weighted by atomic mass is 35.5. The number of hydrogen-bond acceptors (Lipinski definition) is 3. The monoisotopic (exact) mass is 346 g/mol. The molecule has 3 rings (SSSR count). The molecule has 0 aliphatic heterocycles. The molecule has 5 heteroatoms. The van der Waals surface area contributed by atoms with E-state index in [1.807, 2.05) is 41.8 Å². The molecule has 0 fully saturated rings. The second-order valence-corrected chi connectivity index (χ2v) is 6.54. The van der Waals surface area contributed by atoms with E-state index in [2.05, 4.69) is 10.3 Å². The average molecular weight is 347 g/mol. The molecule has 0 saturated heterocycles. The van der Waals surface area contributed by atoms with Gasteiger partial charge in [0, 0.05) is 29.1 Å². The SMILES string of the molecule is Fc1ccc(C(CCNc2nccs2)c2ccc(Cl)cc2)cc1. The first-order chi connectivity index (χ1) is 11.2. The van der Waals surface area contributed by atoms with Crippen LogP contribution >= 0.6 is 22.9 Å². The van der Waals surface area contributed by atoms with Crippen LogP contribution in [0.1, 0.15) is 23.5 Å². The Bertz CT molecular complexity index is 681. The van der Waals surface area contributed by atoms with E-state index in [0.29, 0.717) is 5.02 Å². The Morgan fingerprint density at radius 2 is 1.70 bits per heavy atom. The van der Waals surface area contributed by atoms with E-state index in [0.717, 1.165) is 23.7 Å². The van der Waals surface area contributed by atoms with Gasteiger partial charge in [-0.05, 0) is 41.8 Å². The number of aromatic nitrogens is 1. The largest absolute Gasteiger partial charge is 0.361 e. The van der Waals surface area contributed by atoms with Crippen molar-refractivity contribution >= 4 is 28.1 Å². The molecular weight excluding hydrogens is 331 g/mol. The molecule has 0 spiro atoms. The fourth-order valence-electron chi connectivity index (χ4n) is 2.55. The van der Waals surface area contributed by atoms with E-state index in [-0.39, 0.29) is 11.7 Å². The summed E-state index contributed by atoms with van der Waals surface area (Å²) in [5.74, 6) is -0.0372. The molecule has 3 aromatic rings. The van der Waals surface area contributed by atoms with Crippen LogP contribution in [0.4, 0.5) is 9.52 Å². The Hall–Kier alpha value is -1.91. The first kappa shape index (κ1) is 16.0. The zero-order chi connectivity index (χ0) is 16.1. The van der Waals surface area contributed by atoms with Crippen molar-refractivity contribution in [2.75, 3.05) is 11.9 Å². The number of anilines is 1. The number of benzene rings is 2. The summed E-state index contributed by atoms with van der Waals surface area (Å²) < 4.78 is 13.2. The van der Waals surface area contributed by atoms with Crippen LogP contribution in [-0.2, 0) is 0 Å². The summed E-state index contributed by atoms with van der Waals surface area (Å²) >= 11 is 7.57. The topological polar surface area (TPSA) is 24.9 Å². The number of nitrogens with zero attached hydrogens (tertiary/aromatic N) is 1. The molecule has 1 unspecified atom stereocenters. The van der Waals surface area contributed by atoms with Crippen LogP contribution in [0.25, 0.3) is 0 Å². The van der Waals surface area contributed by atoms with Gasteiger partial charge < -0.3 is 5.32 Å². The lowest BCUT2D eigenvalue weighted by Crippen LogP contribution is -2.09. The number of nitrogens with one attached hydrogen (secondary N) is 1. The molecule has 0 aliphatic carbocycles. The molecule has 23 heavy (non-hydrogen) atoms. The maximum atomic E-state index is 13.2. The van der Waals surface area contributed by atoms with Gasteiger partial charge >= 0.3 is 0 Å².